The van der Waals surface area contributed by atoms with Gasteiger partial charge in [0.1, 0.15) is 6.07 Å². The maximum absolute atomic E-state index is 9.34. The molecular formula is C17H14ClN. The van der Waals surface area contributed by atoms with Gasteiger partial charge in [0, 0.05) is 0 Å². The smallest absolute Gasteiger partial charge is 0.101 e. The Bertz CT molecular complexity index is 663. The summed E-state index contributed by atoms with van der Waals surface area (Å²) in [5.41, 5.74) is 4.61. The number of aryl methyl sites for hydroxylation is 2. The molecule has 2 aromatic carbocycles. The number of nitrogens with zero attached hydrogens (tertiary/aromatic N) is 1. The summed E-state index contributed by atoms with van der Waals surface area (Å²) in [6, 6.07) is 17.7. The molecule has 0 aliphatic carbocycles. The van der Waals surface area contributed by atoms with Crippen molar-refractivity contribution in [2.45, 2.75) is 13.8 Å². The van der Waals surface area contributed by atoms with Crippen LogP contribution >= 0.6 is 11.6 Å². The Morgan fingerprint density at radius 3 is 2.21 bits per heavy atom. The molecule has 0 radical (unpaired) electrons. The van der Waals surface area contributed by atoms with E-state index in [0.29, 0.717) is 10.6 Å². The number of hydrogen-bond acceptors (Lipinski definition) is 1. The molecule has 0 saturated heterocycles. The van der Waals surface area contributed by atoms with Crippen molar-refractivity contribution in [1.29, 1.82) is 5.26 Å². The molecule has 0 aromatic heterocycles. The quantitative estimate of drug-likeness (QED) is 0.559. The molecule has 2 rings (SSSR count). The summed E-state index contributed by atoms with van der Waals surface area (Å²) >= 11 is 6.39. The summed E-state index contributed by atoms with van der Waals surface area (Å²) in [6.07, 6.45) is 0. The predicted molar refractivity (Wildman–Crippen MR) is 80.6 cm³/mol. The highest BCUT2D eigenvalue weighted by Gasteiger charge is 2.09. The normalized spacial score (nSPS) is 11.7. The summed E-state index contributed by atoms with van der Waals surface area (Å²) < 4.78 is 0. The Morgan fingerprint density at radius 1 is 0.947 bits per heavy atom. The van der Waals surface area contributed by atoms with Gasteiger partial charge in [-0.1, -0.05) is 60.1 Å². The Kier molecular flexibility index (Phi) is 4.04. The van der Waals surface area contributed by atoms with Gasteiger partial charge in [0.25, 0.3) is 0 Å². The van der Waals surface area contributed by atoms with Gasteiger partial charge in [0.2, 0.25) is 0 Å². The second kappa shape index (κ2) is 5.73. The first kappa shape index (κ1) is 13.4. The van der Waals surface area contributed by atoms with Crippen molar-refractivity contribution >= 4 is 22.2 Å². The number of benzene rings is 2. The highest BCUT2D eigenvalue weighted by atomic mass is 35.5. The maximum Gasteiger partial charge on any atom is 0.101 e. The summed E-state index contributed by atoms with van der Waals surface area (Å²) in [5, 5.41) is 9.84. The van der Waals surface area contributed by atoms with Crippen LogP contribution in [0.5, 0.6) is 0 Å². The van der Waals surface area contributed by atoms with E-state index in [0.717, 1.165) is 11.1 Å². The van der Waals surface area contributed by atoms with Crippen LogP contribution in [0.4, 0.5) is 0 Å². The van der Waals surface area contributed by atoms with E-state index in [1.54, 1.807) is 0 Å². The number of rotatable bonds is 2. The van der Waals surface area contributed by atoms with Crippen LogP contribution < -0.4 is 0 Å². The Labute approximate surface area is 118 Å². The molecule has 0 bridgehead atoms. The zero-order valence-electron chi connectivity index (χ0n) is 10.9. The van der Waals surface area contributed by atoms with Crippen molar-refractivity contribution in [2.75, 3.05) is 0 Å². The van der Waals surface area contributed by atoms with Crippen molar-refractivity contribution < 1.29 is 0 Å². The first-order valence-electron chi connectivity index (χ1n) is 6.06. The minimum Gasteiger partial charge on any atom is -0.192 e. The molecule has 0 atom stereocenters. The Morgan fingerprint density at radius 2 is 1.63 bits per heavy atom. The van der Waals surface area contributed by atoms with Gasteiger partial charge in [-0.2, -0.15) is 5.26 Å². The lowest BCUT2D eigenvalue weighted by Crippen LogP contribution is -1.88. The van der Waals surface area contributed by atoms with Crippen molar-refractivity contribution in [3.63, 3.8) is 0 Å². The molecular weight excluding hydrogens is 254 g/mol. The second-order valence-corrected chi connectivity index (χ2v) is 4.84. The molecule has 94 valence electrons. The maximum atomic E-state index is 9.34. The van der Waals surface area contributed by atoms with E-state index in [-0.39, 0.29) is 0 Å². The molecule has 0 aliphatic heterocycles. The molecule has 0 saturated carbocycles. The third kappa shape index (κ3) is 2.86. The minimum absolute atomic E-state index is 0.497. The molecule has 0 amide bonds. The van der Waals surface area contributed by atoms with Gasteiger partial charge >= 0.3 is 0 Å². The number of nitriles is 1. The average molecular weight is 268 g/mol. The lowest BCUT2D eigenvalue weighted by atomic mass is 10.0. The van der Waals surface area contributed by atoms with Crippen LogP contribution in [0.15, 0.2) is 48.5 Å². The standard InChI is InChI=1S/C17H14ClN/c1-12-8-9-15(10-13(12)2)17(18)16(11-19)14-6-4-3-5-7-14/h3-10H,1-2H3. The molecule has 19 heavy (non-hydrogen) atoms. The number of halogens is 1. The molecule has 0 unspecified atom stereocenters. The highest BCUT2D eigenvalue weighted by molar-refractivity contribution is 6.53. The van der Waals surface area contributed by atoms with Crippen molar-refractivity contribution in [3.8, 4) is 6.07 Å². The highest BCUT2D eigenvalue weighted by Crippen LogP contribution is 2.30. The monoisotopic (exact) mass is 267 g/mol. The van der Waals surface area contributed by atoms with E-state index < -0.39 is 0 Å². The molecule has 0 spiro atoms. The Hall–Kier alpha value is -2.04. The summed E-state index contributed by atoms with van der Waals surface area (Å²) in [6.45, 7) is 4.09. The van der Waals surface area contributed by atoms with E-state index in [1.165, 1.54) is 11.1 Å². The second-order valence-electron chi connectivity index (χ2n) is 4.47. The summed E-state index contributed by atoms with van der Waals surface area (Å²) in [5.74, 6) is 0. The van der Waals surface area contributed by atoms with Crippen molar-refractivity contribution in [3.05, 3.63) is 70.8 Å². The van der Waals surface area contributed by atoms with Crippen LogP contribution in [0.3, 0.4) is 0 Å². The van der Waals surface area contributed by atoms with Crippen LogP contribution in [0.2, 0.25) is 0 Å². The fraction of sp³-hybridized carbons (Fsp3) is 0.118. The summed E-state index contributed by atoms with van der Waals surface area (Å²) in [7, 11) is 0. The SMILES string of the molecule is Cc1ccc(C(Cl)=C(C#N)c2ccccc2)cc1C. The van der Waals surface area contributed by atoms with Crippen LogP contribution in [0, 0.1) is 25.2 Å². The van der Waals surface area contributed by atoms with Crippen LogP contribution in [0.1, 0.15) is 22.3 Å². The third-order valence-corrected chi connectivity index (χ3v) is 3.56. The van der Waals surface area contributed by atoms with Crippen LogP contribution in [-0.4, -0.2) is 0 Å². The van der Waals surface area contributed by atoms with Crippen LogP contribution in [-0.2, 0) is 0 Å². The number of allylic oxidation sites excluding steroid dienone is 1. The molecule has 2 heteroatoms. The zero-order valence-corrected chi connectivity index (χ0v) is 11.7. The molecule has 0 heterocycles. The lowest BCUT2D eigenvalue weighted by Gasteiger charge is -2.07. The van der Waals surface area contributed by atoms with Crippen LogP contribution in [0.25, 0.3) is 10.6 Å². The van der Waals surface area contributed by atoms with E-state index in [4.69, 9.17) is 11.6 Å². The average Bonchev–Trinajstić information content (AvgIpc) is 2.44. The van der Waals surface area contributed by atoms with Crippen molar-refractivity contribution in [2.24, 2.45) is 0 Å². The van der Waals surface area contributed by atoms with E-state index in [9.17, 15) is 5.26 Å². The molecule has 1 nitrogen and oxygen atoms in total. The molecule has 0 N–H and O–H groups in total. The third-order valence-electron chi connectivity index (χ3n) is 3.15. The fourth-order valence-corrected chi connectivity index (χ4v) is 2.14. The van der Waals surface area contributed by atoms with Gasteiger partial charge in [-0.15, -0.1) is 0 Å². The van der Waals surface area contributed by atoms with Gasteiger partial charge in [-0.25, -0.2) is 0 Å². The van der Waals surface area contributed by atoms with E-state index in [1.807, 2.05) is 55.5 Å². The van der Waals surface area contributed by atoms with Gasteiger partial charge in [0.15, 0.2) is 0 Å². The molecule has 2 aromatic rings. The van der Waals surface area contributed by atoms with E-state index in [2.05, 4.69) is 13.0 Å². The van der Waals surface area contributed by atoms with Gasteiger partial charge in [-0.05, 0) is 36.1 Å². The van der Waals surface area contributed by atoms with Gasteiger partial charge in [-0.3, -0.25) is 0 Å². The fourth-order valence-electron chi connectivity index (χ4n) is 1.87. The first-order valence-corrected chi connectivity index (χ1v) is 6.44. The summed E-state index contributed by atoms with van der Waals surface area (Å²) in [4.78, 5) is 0. The predicted octanol–water partition coefficient (Wildman–Crippen LogP) is 4.93. The molecule has 0 aliphatic rings. The van der Waals surface area contributed by atoms with Gasteiger partial charge < -0.3 is 0 Å². The van der Waals surface area contributed by atoms with Crippen molar-refractivity contribution in [1.82, 2.24) is 0 Å². The lowest BCUT2D eigenvalue weighted by molar-refractivity contribution is 1.33. The minimum atomic E-state index is 0.497. The largest absolute Gasteiger partial charge is 0.192 e. The number of hydrogen-bond donors (Lipinski definition) is 0. The molecule has 0 fully saturated rings. The topological polar surface area (TPSA) is 23.8 Å². The Balaban J connectivity index is 2.56. The first-order chi connectivity index (χ1) is 9.13. The van der Waals surface area contributed by atoms with E-state index >= 15 is 0 Å². The van der Waals surface area contributed by atoms with Gasteiger partial charge in [0.05, 0.1) is 10.6 Å². The zero-order chi connectivity index (χ0) is 13.8.